The Morgan fingerprint density at radius 3 is 2.11 bits per heavy atom. The van der Waals surface area contributed by atoms with Gasteiger partial charge in [-0.25, -0.2) is 0 Å². The van der Waals surface area contributed by atoms with Crippen molar-refractivity contribution in [1.82, 2.24) is 0 Å². The zero-order valence-corrected chi connectivity index (χ0v) is 12.1. The second-order valence-corrected chi connectivity index (χ2v) is 4.74. The van der Waals surface area contributed by atoms with Gasteiger partial charge in [0.25, 0.3) is 0 Å². The van der Waals surface area contributed by atoms with Gasteiger partial charge in [0.15, 0.2) is 0 Å². The molecule has 0 fully saturated rings. The number of carbonyl (C=O) groups is 1. The maximum atomic E-state index is 11.6. The Bertz CT molecular complexity index is 367. The van der Waals surface area contributed by atoms with Crippen LogP contribution in [0.25, 0.3) is 0 Å². The minimum absolute atomic E-state index is 0.214. The van der Waals surface area contributed by atoms with Crippen molar-refractivity contribution in [2.24, 2.45) is 5.73 Å². The molecule has 0 aromatic heterocycles. The van der Waals surface area contributed by atoms with Crippen LogP contribution in [0, 0.1) is 0 Å². The molecule has 0 aliphatic heterocycles. The normalized spacial score (nSPS) is 10.3. The van der Waals surface area contributed by atoms with Crippen molar-refractivity contribution < 1.29 is 9.53 Å². The molecule has 2 N–H and O–H groups in total. The number of ether oxygens (including phenoxy) is 1. The molecule has 0 unspecified atom stereocenters. The lowest BCUT2D eigenvalue weighted by atomic mass is 10.0. The Balaban J connectivity index is 0.00000137. The monoisotopic (exact) mass is 251 g/mol. The number of carbonyl (C=O) groups excluding carboxylic acids is 1. The largest absolute Gasteiger partial charge is 0.460 e. The maximum Gasteiger partial charge on any atom is 0.310 e. The van der Waals surface area contributed by atoms with Gasteiger partial charge in [-0.05, 0) is 31.9 Å². The molecular weight excluding hydrogens is 226 g/mol. The lowest BCUT2D eigenvalue weighted by Gasteiger charge is -2.19. The molecule has 1 rings (SSSR count). The van der Waals surface area contributed by atoms with Crippen molar-refractivity contribution in [3.8, 4) is 0 Å². The highest BCUT2D eigenvalue weighted by Gasteiger charge is 2.17. The fraction of sp³-hybridized carbons (Fsp3) is 0.533. The van der Waals surface area contributed by atoms with Crippen molar-refractivity contribution >= 4 is 5.97 Å². The molecule has 3 heteroatoms. The average molecular weight is 251 g/mol. The average Bonchev–Trinajstić information content (AvgIpc) is 2.30. The molecular formula is C15H25NO2. The number of rotatable bonds is 3. The molecule has 0 saturated carbocycles. The summed E-state index contributed by atoms with van der Waals surface area (Å²) in [5, 5.41) is 0. The predicted molar refractivity (Wildman–Crippen MR) is 75.2 cm³/mol. The number of benzene rings is 1. The van der Waals surface area contributed by atoms with E-state index in [4.69, 9.17) is 10.5 Å². The fourth-order valence-electron chi connectivity index (χ4n) is 1.46. The lowest BCUT2D eigenvalue weighted by Crippen LogP contribution is -2.25. The summed E-state index contributed by atoms with van der Waals surface area (Å²) in [5.41, 5.74) is 7.10. The first-order chi connectivity index (χ1) is 8.42. The number of hydrogen-bond acceptors (Lipinski definition) is 3. The Kier molecular flexibility index (Phi) is 7.29. The minimum atomic E-state index is -0.436. The first-order valence-corrected chi connectivity index (χ1v) is 6.41. The Labute approximate surface area is 110 Å². The number of hydrogen-bond donors (Lipinski definition) is 1. The summed E-state index contributed by atoms with van der Waals surface area (Å²) in [7, 11) is 0. The Hall–Kier alpha value is -1.35. The predicted octanol–water partition coefficient (Wildman–Crippen LogP) is 3.06. The van der Waals surface area contributed by atoms with E-state index >= 15 is 0 Å². The number of esters is 1. The van der Waals surface area contributed by atoms with Crippen LogP contribution in [0.3, 0.4) is 0 Å². The summed E-state index contributed by atoms with van der Waals surface area (Å²) in [6, 6.07) is 7.66. The molecule has 1 aromatic rings. The molecule has 0 aliphatic rings. The summed E-state index contributed by atoms with van der Waals surface area (Å²) in [5.74, 6) is -0.214. The highest BCUT2D eigenvalue weighted by Crippen LogP contribution is 2.13. The van der Waals surface area contributed by atoms with Gasteiger partial charge in [-0.2, -0.15) is 0 Å². The lowest BCUT2D eigenvalue weighted by molar-refractivity contribution is -0.153. The Morgan fingerprint density at radius 2 is 1.67 bits per heavy atom. The maximum absolute atomic E-state index is 11.6. The van der Waals surface area contributed by atoms with Crippen LogP contribution in [0.2, 0.25) is 0 Å². The topological polar surface area (TPSA) is 52.3 Å². The Morgan fingerprint density at radius 1 is 1.17 bits per heavy atom. The van der Waals surface area contributed by atoms with Crippen molar-refractivity contribution in [2.45, 2.75) is 53.2 Å². The standard InChI is InChI=1S/C13H19NO2.C2H6/c1-13(2,3)16-12(15)8-10-6-4-5-7-11(10)9-14;1-2/h4-7H,8-9,14H2,1-3H3;1-2H3. The number of nitrogens with two attached hydrogens (primary N) is 1. The third kappa shape index (κ3) is 6.40. The molecule has 0 saturated heterocycles. The van der Waals surface area contributed by atoms with Crippen LogP contribution in [0.15, 0.2) is 24.3 Å². The van der Waals surface area contributed by atoms with Crippen LogP contribution in [0.5, 0.6) is 0 Å². The van der Waals surface area contributed by atoms with Gasteiger partial charge in [0, 0.05) is 6.54 Å². The zero-order valence-electron chi connectivity index (χ0n) is 12.1. The van der Waals surface area contributed by atoms with E-state index in [1.807, 2.05) is 58.9 Å². The fourth-order valence-corrected chi connectivity index (χ4v) is 1.46. The second-order valence-electron chi connectivity index (χ2n) is 4.74. The van der Waals surface area contributed by atoms with Crippen LogP contribution in [-0.2, 0) is 22.5 Å². The molecule has 0 amide bonds. The van der Waals surface area contributed by atoms with Gasteiger partial charge >= 0.3 is 5.97 Å². The first-order valence-electron chi connectivity index (χ1n) is 6.41. The molecule has 0 spiro atoms. The van der Waals surface area contributed by atoms with Crippen LogP contribution in [-0.4, -0.2) is 11.6 Å². The third-order valence-electron chi connectivity index (χ3n) is 2.09. The van der Waals surface area contributed by atoms with Gasteiger partial charge in [-0.3, -0.25) is 4.79 Å². The molecule has 3 nitrogen and oxygen atoms in total. The van der Waals surface area contributed by atoms with E-state index in [1.54, 1.807) is 0 Å². The molecule has 18 heavy (non-hydrogen) atoms. The van der Waals surface area contributed by atoms with E-state index in [2.05, 4.69) is 0 Å². The minimum Gasteiger partial charge on any atom is -0.460 e. The summed E-state index contributed by atoms with van der Waals surface area (Å²) >= 11 is 0. The van der Waals surface area contributed by atoms with E-state index in [-0.39, 0.29) is 12.4 Å². The van der Waals surface area contributed by atoms with Gasteiger partial charge < -0.3 is 10.5 Å². The van der Waals surface area contributed by atoms with Crippen molar-refractivity contribution in [1.29, 1.82) is 0 Å². The molecule has 1 aromatic carbocycles. The SMILES string of the molecule is CC.CC(C)(C)OC(=O)Cc1ccccc1CN. The molecule has 0 atom stereocenters. The van der Waals surface area contributed by atoms with Crippen molar-refractivity contribution in [3.63, 3.8) is 0 Å². The smallest absolute Gasteiger partial charge is 0.310 e. The molecule has 0 bridgehead atoms. The van der Waals surface area contributed by atoms with Crippen LogP contribution in [0.1, 0.15) is 45.7 Å². The zero-order chi connectivity index (χ0) is 14.2. The van der Waals surface area contributed by atoms with Crippen molar-refractivity contribution in [2.75, 3.05) is 0 Å². The van der Waals surface area contributed by atoms with E-state index < -0.39 is 5.60 Å². The third-order valence-corrected chi connectivity index (χ3v) is 2.09. The summed E-state index contributed by atoms with van der Waals surface area (Å²) < 4.78 is 5.26. The van der Waals surface area contributed by atoms with Crippen LogP contribution >= 0.6 is 0 Å². The molecule has 0 aliphatic carbocycles. The van der Waals surface area contributed by atoms with Gasteiger partial charge in [-0.1, -0.05) is 38.1 Å². The van der Waals surface area contributed by atoms with E-state index in [9.17, 15) is 4.79 Å². The molecule has 0 heterocycles. The highest BCUT2D eigenvalue weighted by atomic mass is 16.6. The van der Waals surface area contributed by atoms with Gasteiger partial charge in [0.1, 0.15) is 5.60 Å². The first kappa shape index (κ1) is 16.6. The quantitative estimate of drug-likeness (QED) is 0.840. The highest BCUT2D eigenvalue weighted by molar-refractivity contribution is 5.73. The van der Waals surface area contributed by atoms with Crippen LogP contribution < -0.4 is 5.73 Å². The van der Waals surface area contributed by atoms with E-state index in [1.165, 1.54) is 0 Å². The van der Waals surface area contributed by atoms with E-state index in [0.717, 1.165) is 11.1 Å². The van der Waals surface area contributed by atoms with E-state index in [0.29, 0.717) is 6.54 Å². The van der Waals surface area contributed by atoms with Crippen molar-refractivity contribution in [3.05, 3.63) is 35.4 Å². The van der Waals surface area contributed by atoms with Gasteiger partial charge in [0.05, 0.1) is 6.42 Å². The second kappa shape index (κ2) is 7.88. The summed E-state index contributed by atoms with van der Waals surface area (Å²) in [6.45, 7) is 10.0. The molecule has 102 valence electrons. The van der Waals surface area contributed by atoms with Crippen LogP contribution in [0.4, 0.5) is 0 Å². The molecule has 0 radical (unpaired) electrons. The van der Waals surface area contributed by atoms with Gasteiger partial charge in [0.2, 0.25) is 0 Å². The summed E-state index contributed by atoms with van der Waals surface area (Å²) in [6.07, 6.45) is 0.282. The summed E-state index contributed by atoms with van der Waals surface area (Å²) in [4.78, 5) is 11.6. The van der Waals surface area contributed by atoms with Gasteiger partial charge in [-0.15, -0.1) is 0 Å².